The summed E-state index contributed by atoms with van der Waals surface area (Å²) in [6, 6.07) is 14.5. The van der Waals surface area contributed by atoms with Crippen LogP contribution in [0.3, 0.4) is 0 Å². The minimum Gasteiger partial charge on any atom is -0.252 e. The Labute approximate surface area is 117 Å². The van der Waals surface area contributed by atoms with Crippen molar-refractivity contribution in [3.8, 4) is 0 Å². The van der Waals surface area contributed by atoms with Crippen molar-refractivity contribution in [3.63, 3.8) is 0 Å². The van der Waals surface area contributed by atoms with Gasteiger partial charge in [0.15, 0.2) is 0 Å². The van der Waals surface area contributed by atoms with Crippen LogP contribution < -0.4 is 0 Å². The SMILES string of the molecule is Cc1cccc2c1CC=C2c1cnc2ccccc2n1. The summed E-state index contributed by atoms with van der Waals surface area (Å²) in [5, 5.41) is 0. The predicted octanol–water partition coefficient (Wildman–Crippen LogP) is 3.93. The van der Waals surface area contributed by atoms with E-state index in [2.05, 4.69) is 36.2 Å². The molecule has 1 heterocycles. The zero-order valence-electron chi connectivity index (χ0n) is 11.3. The average molecular weight is 258 g/mol. The van der Waals surface area contributed by atoms with Gasteiger partial charge in [-0.3, -0.25) is 4.98 Å². The number of hydrogen-bond acceptors (Lipinski definition) is 2. The maximum Gasteiger partial charge on any atom is 0.0896 e. The number of aromatic nitrogens is 2. The second kappa shape index (κ2) is 4.27. The van der Waals surface area contributed by atoms with Crippen molar-refractivity contribution in [2.75, 3.05) is 0 Å². The van der Waals surface area contributed by atoms with Crippen LogP contribution in [0.4, 0.5) is 0 Å². The Kier molecular flexibility index (Phi) is 2.43. The highest BCUT2D eigenvalue weighted by Crippen LogP contribution is 2.33. The molecule has 2 nitrogen and oxygen atoms in total. The summed E-state index contributed by atoms with van der Waals surface area (Å²) < 4.78 is 0. The number of para-hydroxylation sites is 2. The van der Waals surface area contributed by atoms with Crippen LogP contribution in [0.5, 0.6) is 0 Å². The van der Waals surface area contributed by atoms with E-state index in [1.165, 1.54) is 22.3 Å². The number of benzene rings is 2. The summed E-state index contributed by atoms with van der Waals surface area (Å²) in [5.74, 6) is 0. The molecule has 1 aromatic heterocycles. The minimum absolute atomic E-state index is 0.944. The Hall–Kier alpha value is -2.48. The summed E-state index contributed by atoms with van der Waals surface area (Å²) in [6.07, 6.45) is 5.13. The molecule has 1 aliphatic carbocycles. The zero-order valence-corrected chi connectivity index (χ0v) is 11.3. The molecule has 1 aliphatic rings. The molecule has 0 spiro atoms. The summed E-state index contributed by atoms with van der Waals surface area (Å²) in [7, 11) is 0. The monoisotopic (exact) mass is 258 g/mol. The molecule has 0 saturated heterocycles. The topological polar surface area (TPSA) is 25.8 Å². The molecule has 0 unspecified atom stereocenters. The minimum atomic E-state index is 0.944. The standard InChI is InChI=1S/C18H14N2/c1-12-5-4-6-14-13(12)9-10-15(14)18-11-19-16-7-2-3-8-17(16)20-18/h2-8,10-11H,9H2,1H3. The van der Waals surface area contributed by atoms with Gasteiger partial charge >= 0.3 is 0 Å². The van der Waals surface area contributed by atoms with Gasteiger partial charge in [0, 0.05) is 5.57 Å². The third-order valence-electron chi connectivity index (χ3n) is 3.94. The van der Waals surface area contributed by atoms with Crippen LogP contribution in [0.2, 0.25) is 0 Å². The first-order valence-corrected chi connectivity index (χ1v) is 6.84. The van der Waals surface area contributed by atoms with E-state index in [1.54, 1.807) is 0 Å². The molecule has 0 N–H and O–H groups in total. The molecule has 0 amide bonds. The molecule has 0 fully saturated rings. The van der Waals surface area contributed by atoms with Crippen LogP contribution in [0.15, 0.2) is 54.7 Å². The van der Waals surface area contributed by atoms with Crippen LogP contribution in [0.1, 0.15) is 22.4 Å². The average Bonchev–Trinajstić information content (AvgIpc) is 2.92. The third-order valence-corrected chi connectivity index (χ3v) is 3.94. The van der Waals surface area contributed by atoms with E-state index in [0.29, 0.717) is 0 Å². The molecule has 3 aromatic rings. The van der Waals surface area contributed by atoms with Gasteiger partial charge in [-0.25, -0.2) is 4.98 Å². The van der Waals surface area contributed by atoms with Crippen molar-refractivity contribution in [2.45, 2.75) is 13.3 Å². The molecule has 20 heavy (non-hydrogen) atoms. The van der Waals surface area contributed by atoms with Gasteiger partial charge in [-0.15, -0.1) is 0 Å². The highest BCUT2D eigenvalue weighted by molar-refractivity contribution is 5.85. The lowest BCUT2D eigenvalue weighted by molar-refractivity contribution is 1.24. The highest BCUT2D eigenvalue weighted by atomic mass is 14.8. The molecule has 2 aromatic carbocycles. The quantitative estimate of drug-likeness (QED) is 0.661. The number of allylic oxidation sites excluding steroid dienone is 1. The second-order valence-corrected chi connectivity index (χ2v) is 5.17. The maximum atomic E-state index is 4.75. The van der Waals surface area contributed by atoms with Gasteiger partial charge in [0.25, 0.3) is 0 Å². The highest BCUT2D eigenvalue weighted by Gasteiger charge is 2.18. The van der Waals surface area contributed by atoms with Gasteiger partial charge in [0.2, 0.25) is 0 Å². The fraction of sp³-hybridized carbons (Fsp3) is 0.111. The Morgan fingerprint density at radius 1 is 0.950 bits per heavy atom. The number of hydrogen-bond donors (Lipinski definition) is 0. The molecule has 0 atom stereocenters. The van der Waals surface area contributed by atoms with E-state index in [9.17, 15) is 0 Å². The van der Waals surface area contributed by atoms with E-state index in [4.69, 9.17) is 4.98 Å². The lowest BCUT2D eigenvalue weighted by atomic mass is 10.00. The molecule has 4 rings (SSSR count). The predicted molar refractivity (Wildman–Crippen MR) is 81.5 cm³/mol. The largest absolute Gasteiger partial charge is 0.252 e. The van der Waals surface area contributed by atoms with Crippen molar-refractivity contribution in [1.29, 1.82) is 0 Å². The van der Waals surface area contributed by atoms with Gasteiger partial charge in [0.05, 0.1) is 22.9 Å². The van der Waals surface area contributed by atoms with Crippen LogP contribution in [-0.4, -0.2) is 9.97 Å². The van der Waals surface area contributed by atoms with Gasteiger partial charge in [-0.05, 0) is 42.2 Å². The summed E-state index contributed by atoms with van der Waals surface area (Å²) in [5.41, 5.74) is 8.14. The van der Waals surface area contributed by atoms with Gasteiger partial charge < -0.3 is 0 Å². The Morgan fingerprint density at radius 2 is 1.80 bits per heavy atom. The first kappa shape index (κ1) is 11.4. The van der Waals surface area contributed by atoms with Gasteiger partial charge in [-0.1, -0.05) is 36.4 Å². The maximum absolute atomic E-state index is 4.75. The molecular weight excluding hydrogens is 244 g/mol. The number of rotatable bonds is 1. The van der Waals surface area contributed by atoms with Crippen molar-refractivity contribution in [2.24, 2.45) is 0 Å². The molecule has 0 aliphatic heterocycles. The molecule has 96 valence electrons. The van der Waals surface area contributed by atoms with Crippen LogP contribution in [-0.2, 0) is 6.42 Å². The number of nitrogens with zero attached hydrogens (tertiary/aromatic N) is 2. The lowest BCUT2D eigenvalue weighted by Gasteiger charge is -2.08. The Morgan fingerprint density at radius 3 is 2.70 bits per heavy atom. The summed E-state index contributed by atoms with van der Waals surface area (Å²) >= 11 is 0. The molecular formula is C18H14N2. The van der Waals surface area contributed by atoms with E-state index < -0.39 is 0 Å². The lowest BCUT2D eigenvalue weighted by Crippen LogP contribution is -1.94. The van der Waals surface area contributed by atoms with Crippen LogP contribution in [0, 0.1) is 6.92 Å². The zero-order chi connectivity index (χ0) is 13.5. The smallest absolute Gasteiger partial charge is 0.0896 e. The first-order chi connectivity index (χ1) is 9.83. The molecule has 0 radical (unpaired) electrons. The first-order valence-electron chi connectivity index (χ1n) is 6.84. The van der Waals surface area contributed by atoms with Crippen LogP contribution in [0.25, 0.3) is 16.6 Å². The van der Waals surface area contributed by atoms with Crippen molar-refractivity contribution in [3.05, 3.63) is 77.1 Å². The van der Waals surface area contributed by atoms with E-state index in [-0.39, 0.29) is 0 Å². The molecule has 0 bridgehead atoms. The van der Waals surface area contributed by atoms with Gasteiger partial charge in [-0.2, -0.15) is 0 Å². The summed E-state index contributed by atoms with van der Waals surface area (Å²) in [6.45, 7) is 2.17. The fourth-order valence-corrected chi connectivity index (χ4v) is 2.87. The number of aryl methyl sites for hydroxylation is 1. The van der Waals surface area contributed by atoms with Gasteiger partial charge in [0.1, 0.15) is 0 Å². The summed E-state index contributed by atoms with van der Waals surface area (Å²) in [4.78, 5) is 9.27. The fourth-order valence-electron chi connectivity index (χ4n) is 2.87. The second-order valence-electron chi connectivity index (χ2n) is 5.17. The van der Waals surface area contributed by atoms with Crippen molar-refractivity contribution in [1.82, 2.24) is 9.97 Å². The third kappa shape index (κ3) is 1.65. The van der Waals surface area contributed by atoms with E-state index in [0.717, 1.165) is 23.1 Å². The Balaban J connectivity index is 1.88. The van der Waals surface area contributed by atoms with E-state index in [1.807, 2.05) is 30.5 Å². The normalized spacial score (nSPS) is 13.3. The van der Waals surface area contributed by atoms with Crippen LogP contribution >= 0.6 is 0 Å². The molecule has 0 saturated carbocycles. The Bertz CT molecular complexity index is 847. The van der Waals surface area contributed by atoms with E-state index >= 15 is 0 Å². The molecule has 2 heteroatoms. The number of fused-ring (bicyclic) bond motifs is 2. The van der Waals surface area contributed by atoms with Crippen molar-refractivity contribution >= 4 is 16.6 Å². The van der Waals surface area contributed by atoms with Crippen molar-refractivity contribution < 1.29 is 0 Å².